The van der Waals surface area contributed by atoms with Crippen molar-refractivity contribution in [1.82, 2.24) is 10.2 Å². The fourth-order valence-electron chi connectivity index (χ4n) is 4.29. The molecule has 0 saturated heterocycles. The van der Waals surface area contributed by atoms with E-state index in [1.165, 1.54) is 23.1 Å². The van der Waals surface area contributed by atoms with Gasteiger partial charge in [-0.05, 0) is 44.4 Å². The normalized spacial score (nSPS) is 15.3. The molecule has 0 heterocycles. The Kier molecular flexibility index (Phi) is 8.88. The molecule has 2 aromatic rings. The van der Waals surface area contributed by atoms with Crippen molar-refractivity contribution in [2.24, 2.45) is 0 Å². The monoisotopic (exact) mass is 503 g/mol. The molecule has 190 valence electrons. The maximum Gasteiger partial charge on any atom is 0.244 e. The zero-order valence-corrected chi connectivity index (χ0v) is 21.4. The fourth-order valence-corrected chi connectivity index (χ4v) is 5.14. The second-order valence-corrected chi connectivity index (χ2v) is 11.2. The lowest BCUT2D eigenvalue weighted by Crippen LogP contribution is -2.53. The van der Waals surface area contributed by atoms with Crippen LogP contribution in [0.1, 0.15) is 50.2 Å². The minimum Gasteiger partial charge on any atom is -0.352 e. The molecule has 0 spiro atoms. The Balaban J connectivity index is 1.87. The van der Waals surface area contributed by atoms with Gasteiger partial charge in [-0.3, -0.25) is 13.9 Å². The molecule has 1 aliphatic carbocycles. The van der Waals surface area contributed by atoms with Crippen molar-refractivity contribution in [1.29, 1.82) is 0 Å². The highest BCUT2D eigenvalue weighted by Gasteiger charge is 2.31. The first-order chi connectivity index (χ1) is 16.6. The van der Waals surface area contributed by atoms with Gasteiger partial charge in [0.15, 0.2) is 0 Å². The third-order valence-electron chi connectivity index (χ3n) is 6.39. The summed E-state index contributed by atoms with van der Waals surface area (Å²) in [6.45, 7) is 3.09. The Morgan fingerprint density at radius 2 is 1.69 bits per heavy atom. The molecule has 0 aliphatic heterocycles. The number of rotatable bonds is 9. The van der Waals surface area contributed by atoms with Crippen LogP contribution < -0.4 is 9.62 Å². The van der Waals surface area contributed by atoms with Crippen molar-refractivity contribution in [3.05, 3.63) is 65.5 Å². The molecule has 0 unspecified atom stereocenters. The largest absolute Gasteiger partial charge is 0.352 e. The first-order valence-electron chi connectivity index (χ1n) is 11.9. The van der Waals surface area contributed by atoms with Gasteiger partial charge < -0.3 is 10.2 Å². The topological polar surface area (TPSA) is 86.8 Å². The average molecular weight is 504 g/mol. The van der Waals surface area contributed by atoms with Crippen LogP contribution in [-0.4, -0.2) is 50.0 Å². The Morgan fingerprint density at radius 1 is 1.06 bits per heavy atom. The number of aryl methyl sites for hydroxylation is 1. The van der Waals surface area contributed by atoms with Crippen molar-refractivity contribution < 1.29 is 22.4 Å². The molecule has 1 N–H and O–H groups in total. The summed E-state index contributed by atoms with van der Waals surface area (Å²) in [4.78, 5) is 28.0. The van der Waals surface area contributed by atoms with Gasteiger partial charge in [0, 0.05) is 12.6 Å². The summed E-state index contributed by atoms with van der Waals surface area (Å²) in [5, 5.41) is 3.05. The van der Waals surface area contributed by atoms with Crippen LogP contribution in [-0.2, 0) is 26.2 Å². The molecule has 3 rings (SSSR count). The van der Waals surface area contributed by atoms with E-state index in [-0.39, 0.29) is 24.2 Å². The maximum atomic E-state index is 14.5. The molecule has 7 nitrogen and oxygen atoms in total. The van der Waals surface area contributed by atoms with Gasteiger partial charge in [0.1, 0.15) is 18.4 Å². The zero-order chi connectivity index (χ0) is 25.6. The third kappa shape index (κ3) is 7.27. The number of carbonyl (C=O) groups is 2. The number of sulfonamides is 1. The highest BCUT2D eigenvalue weighted by molar-refractivity contribution is 7.92. The standard InChI is InChI=1S/C26H34FN3O4S/c1-19-13-15-21(16-14-19)17-29(20(2)26(32)28-22-9-5-4-6-10-22)25(31)18-30(35(3,33)34)24-12-8-7-11-23(24)27/h7-8,11-16,20,22H,4-6,9-10,17-18H2,1-3H3,(H,28,32)/t20-/m0/s1. The summed E-state index contributed by atoms with van der Waals surface area (Å²) in [5.41, 5.74) is 1.65. The van der Waals surface area contributed by atoms with Crippen LogP contribution in [0.2, 0.25) is 0 Å². The van der Waals surface area contributed by atoms with Gasteiger partial charge in [0.05, 0.1) is 11.9 Å². The Bertz CT molecular complexity index is 1130. The minimum atomic E-state index is -3.97. The molecule has 1 atom stereocenters. The van der Waals surface area contributed by atoms with E-state index < -0.39 is 34.3 Å². The van der Waals surface area contributed by atoms with Gasteiger partial charge in [-0.25, -0.2) is 12.8 Å². The SMILES string of the molecule is Cc1ccc(CN(C(=O)CN(c2ccccc2F)S(C)(=O)=O)[C@@H](C)C(=O)NC2CCCCC2)cc1. The second-order valence-electron chi connectivity index (χ2n) is 9.25. The fraction of sp³-hybridized carbons (Fsp3) is 0.462. The van der Waals surface area contributed by atoms with E-state index in [2.05, 4.69) is 5.32 Å². The Morgan fingerprint density at radius 3 is 2.29 bits per heavy atom. The summed E-state index contributed by atoms with van der Waals surface area (Å²) in [6.07, 6.45) is 5.99. The van der Waals surface area contributed by atoms with Crippen molar-refractivity contribution in [3.8, 4) is 0 Å². The number of nitrogens with zero attached hydrogens (tertiary/aromatic N) is 2. The van der Waals surface area contributed by atoms with E-state index in [9.17, 15) is 22.4 Å². The molecule has 2 amide bonds. The zero-order valence-electron chi connectivity index (χ0n) is 20.5. The molecular weight excluding hydrogens is 469 g/mol. The molecule has 35 heavy (non-hydrogen) atoms. The number of amides is 2. The van der Waals surface area contributed by atoms with Crippen molar-refractivity contribution >= 4 is 27.5 Å². The predicted molar refractivity (Wildman–Crippen MR) is 135 cm³/mol. The lowest BCUT2D eigenvalue weighted by atomic mass is 9.95. The summed E-state index contributed by atoms with van der Waals surface area (Å²) < 4.78 is 40.2. The van der Waals surface area contributed by atoms with Crippen LogP contribution in [0.3, 0.4) is 0 Å². The van der Waals surface area contributed by atoms with Crippen LogP contribution in [0.4, 0.5) is 10.1 Å². The first kappa shape index (κ1) is 26.7. The summed E-state index contributed by atoms with van der Waals surface area (Å²) in [6, 6.07) is 12.2. The van der Waals surface area contributed by atoms with Gasteiger partial charge in [-0.1, -0.05) is 61.2 Å². The maximum absolute atomic E-state index is 14.5. The molecule has 0 aromatic heterocycles. The van der Waals surface area contributed by atoms with E-state index in [0.717, 1.165) is 59.9 Å². The minimum absolute atomic E-state index is 0.0703. The number of benzene rings is 2. The van der Waals surface area contributed by atoms with E-state index in [1.54, 1.807) is 6.92 Å². The van der Waals surface area contributed by atoms with Crippen LogP contribution in [0, 0.1) is 12.7 Å². The average Bonchev–Trinajstić information content (AvgIpc) is 2.82. The van der Waals surface area contributed by atoms with E-state index in [0.29, 0.717) is 0 Å². The lowest BCUT2D eigenvalue weighted by Gasteiger charge is -2.33. The van der Waals surface area contributed by atoms with Crippen LogP contribution >= 0.6 is 0 Å². The number of hydrogen-bond acceptors (Lipinski definition) is 4. The van der Waals surface area contributed by atoms with E-state index >= 15 is 0 Å². The van der Waals surface area contributed by atoms with Crippen LogP contribution in [0.15, 0.2) is 48.5 Å². The van der Waals surface area contributed by atoms with Crippen molar-refractivity contribution in [3.63, 3.8) is 0 Å². The molecule has 1 aliphatic rings. The number of hydrogen-bond donors (Lipinski definition) is 1. The first-order valence-corrected chi connectivity index (χ1v) is 13.8. The van der Waals surface area contributed by atoms with Crippen molar-refractivity contribution in [2.75, 3.05) is 17.1 Å². The summed E-state index contributed by atoms with van der Waals surface area (Å²) in [7, 11) is -3.97. The quantitative estimate of drug-likeness (QED) is 0.565. The van der Waals surface area contributed by atoms with E-state index in [4.69, 9.17) is 0 Å². The third-order valence-corrected chi connectivity index (χ3v) is 7.52. The van der Waals surface area contributed by atoms with Crippen molar-refractivity contribution in [2.45, 2.75) is 64.6 Å². The molecule has 0 radical (unpaired) electrons. The number of nitrogens with one attached hydrogen (secondary N) is 1. The summed E-state index contributed by atoms with van der Waals surface area (Å²) >= 11 is 0. The molecule has 1 fully saturated rings. The number of para-hydroxylation sites is 1. The molecular formula is C26H34FN3O4S. The number of anilines is 1. The number of halogens is 1. The Labute approximate surface area is 207 Å². The lowest BCUT2D eigenvalue weighted by molar-refractivity contribution is -0.139. The van der Waals surface area contributed by atoms with Gasteiger partial charge in [-0.2, -0.15) is 0 Å². The number of carbonyl (C=O) groups excluding carboxylic acids is 2. The highest BCUT2D eigenvalue weighted by atomic mass is 32.2. The predicted octanol–water partition coefficient (Wildman–Crippen LogP) is 3.77. The Hall–Kier alpha value is -2.94. The molecule has 0 bridgehead atoms. The van der Waals surface area contributed by atoms with E-state index in [1.807, 2.05) is 31.2 Å². The van der Waals surface area contributed by atoms with Crippen LogP contribution in [0.5, 0.6) is 0 Å². The highest BCUT2D eigenvalue weighted by Crippen LogP contribution is 2.23. The molecule has 9 heteroatoms. The molecule has 2 aromatic carbocycles. The van der Waals surface area contributed by atoms with Crippen LogP contribution in [0.25, 0.3) is 0 Å². The van der Waals surface area contributed by atoms with Gasteiger partial charge in [0.2, 0.25) is 21.8 Å². The molecule has 1 saturated carbocycles. The second kappa shape index (κ2) is 11.7. The van der Waals surface area contributed by atoms with Gasteiger partial charge >= 0.3 is 0 Å². The van der Waals surface area contributed by atoms with Gasteiger partial charge in [-0.15, -0.1) is 0 Å². The smallest absolute Gasteiger partial charge is 0.244 e. The summed E-state index contributed by atoms with van der Waals surface area (Å²) in [5.74, 6) is -1.63. The van der Waals surface area contributed by atoms with Gasteiger partial charge in [0.25, 0.3) is 0 Å².